The number of carbonyl (C=O) groups is 1. The smallest absolute Gasteiger partial charge is 0.410 e. The Morgan fingerprint density at radius 3 is 2.37 bits per heavy atom. The van der Waals surface area contributed by atoms with Gasteiger partial charge in [-0.2, -0.15) is 0 Å². The van der Waals surface area contributed by atoms with Crippen LogP contribution in [0.4, 0.5) is 4.79 Å². The molecule has 1 aromatic carbocycles. The normalized spacial score (nSPS) is 25.2. The highest BCUT2D eigenvalue weighted by atomic mass is 16.6. The standard InChI is InChI=1S/C16H19NO2/c18-16(19-12-13-6-2-1-3-7-13)17-14-8-4-5-9-15(17)11-10-14/h1-7,14-15H,8-12H2/t14-,15+. The second-order valence-corrected chi connectivity index (χ2v) is 5.28. The van der Waals surface area contributed by atoms with Gasteiger partial charge in [0.05, 0.1) is 0 Å². The van der Waals surface area contributed by atoms with Crippen molar-refractivity contribution in [1.29, 1.82) is 0 Å². The van der Waals surface area contributed by atoms with E-state index >= 15 is 0 Å². The molecule has 0 spiro atoms. The molecule has 2 atom stereocenters. The summed E-state index contributed by atoms with van der Waals surface area (Å²) in [6, 6.07) is 10.5. The number of amides is 1. The number of rotatable bonds is 2. The zero-order valence-corrected chi connectivity index (χ0v) is 11.0. The summed E-state index contributed by atoms with van der Waals surface area (Å²) >= 11 is 0. The third-order valence-corrected chi connectivity index (χ3v) is 4.02. The van der Waals surface area contributed by atoms with Crippen molar-refractivity contribution in [2.75, 3.05) is 0 Å². The van der Waals surface area contributed by atoms with E-state index in [9.17, 15) is 4.79 Å². The second kappa shape index (κ2) is 5.47. The van der Waals surface area contributed by atoms with Crippen LogP contribution in [-0.4, -0.2) is 23.1 Å². The number of fused-ring (bicyclic) bond motifs is 2. The number of nitrogens with zero attached hydrogens (tertiary/aromatic N) is 1. The minimum absolute atomic E-state index is 0.153. The van der Waals surface area contributed by atoms with Crippen LogP contribution in [-0.2, 0) is 11.3 Å². The van der Waals surface area contributed by atoms with Gasteiger partial charge in [0.1, 0.15) is 6.61 Å². The zero-order chi connectivity index (χ0) is 13.1. The van der Waals surface area contributed by atoms with Crippen LogP contribution >= 0.6 is 0 Å². The molecule has 2 aliphatic rings. The number of hydrogen-bond acceptors (Lipinski definition) is 2. The van der Waals surface area contributed by atoms with Gasteiger partial charge in [0.25, 0.3) is 0 Å². The highest BCUT2D eigenvalue weighted by molar-refractivity contribution is 5.69. The third-order valence-electron chi connectivity index (χ3n) is 4.02. The van der Waals surface area contributed by atoms with Gasteiger partial charge in [-0.25, -0.2) is 4.79 Å². The average molecular weight is 257 g/mol. The molecule has 0 unspecified atom stereocenters. The highest BCUT2D eigenvalue weighted by Crippen LogP contribution is 2.32. The molecule has 0 aliphatic carbocycles. The molecule has 1 saturated heterocycles. The van der Waals surface area contributed by atoms with Crippen molar-refractivity contribution in [2.45, 2.75) is 44.4 Å². The summed E-state index contributed by atoms with van der Waals surface area (Å²) in [5.41, 5.74) is 1.04. The van der Waals surface area contributed by atoms with Crippen LogP contribution in [0.2, 0.25) is 0 Å². The first kappa shape index (κ1) is 12.3. The molecule has 100 valence electrons. The second-order valence-electron chi connectivity index (χ2n) is 5.28. The van der Waals surface area contributed by atoms with Crippen molar-refractivity contribution in [3.8, 4) is 0 Å². The Kier molecular flexibility index (Phi) is 3.53. The maximum absolute atomic E-state index is 12.3. The van der Waals surface area contributed by atoms with E-state index in [-0.39, 0.29) is 6.09 Å². The van der Waals surface area contributed by atoms with Gasteiger partial charge in [0, 0.05) is 12.1 Å². The molecule has 19 heavy (non-hydrogen) atoms. The van der Waals surface area contributed by atoms with Crippen molar-refractivity contribution in [1.82, 2.24) is 4.90 Å². The minimum Gasteiger partial charge on any atom is -0.445 e. The Labute approximate surface area is 113 Å². The topological polar surface area (TPSA) is 29.5 Å². The lowest BCUT2D eigenvalue weighted by Crippen LogP contribution is -2.40. The van der Waals surface area contributed by atoms with Gasteiger partial charge in [0.2, 0.25) is 0 Å². The molecule has 3 heteroatoms. The molecule has 3 rings (SSSR count). The summed E-state index contributed by atoms with van der Waals surface area (Å²) < 4.78 is 5.46. The van der Waals surface area contributed by atoms with Crippen LogP contribution in [0.1, 0.15) is 31.2 Å². The van der Waals surface area contributed by atoms with Crippen LogP contribution in [0.5, 0.6) is 0 Å². The van der Waals surface area contributed by atoms with E-state index in [4.69, 9.17) is 4.74 Å². The van der Waals surface area contributed by atoms with Crippen LogP contribution < -0.4 is 0 Å². The average Bonchev–Trinajstić information content (AvgIpc) is 2.71. The van der Waals surface area contributed by atoms with E-state index in [1.807, 2.05) is 35.2 Å². The fourth-order valence-electron chi connectivity index (χ4n) is 3.02. The predicted octanol–water partition coefficient (Wildman–Crippen LogP) is 3.51. The first-order valence-corrected chi connectivity index (χ1v) is 6.98. The van der Waals surface area contributed by atoms with Gasteiger partial charge < -0.3 is 9.64 Å². The number of benzene rings is 1. The Bertz CT molecular complexity index is 453. The van der Waals surface area contributed by atoms with E-state index in [0.717, 1.165) is 31.2 Å². The third kappa shape index (κ3) is 2.65. The SMILES string of the molecule is O=C(OCc1ccccc1)N1[C@@H]2CC=CC[C@H]1CC2. The molecule has 1 amide bonds. The molecule has 3 nitrogen and oxygen atoms in total. The number of ether oxygens (including phenoxy) is 1. The molecular formula is C16H19NO2. The maximum Gasteiger partial charge on any atom is 0.410 e. The van der Waals surface area contributed by atoms with E-state index in [0.29, 0.717) is 18.7 Å². The van der Waals surface area contributed by atoms with Crippen molar-refractivity contribution in [3.63, 3.8) is 0 Å². The Morgan fingerprint density at radius 2 is 1.74 bits per heavy atom. The molecule has 0 aromatic heterocycles. The molecule has 1 fully saturated rings. The largest absolute Gasteiger partial charge is 0.445 e. The Morgan fingerprint density at radius 1 is 1.11 bits per heavy atom. The van der Waals surface area contributed by atoms with Crippen LogP contribution in [0, 0.1) is 0 Å². The summed E-state index contributed by atoms with van der Waals surface area (Å²) in [6.45, 7) is 0.364. The first-order chi connectivity index (χ1) is 9.34. The van der Waals surface area contributed by atoms with Crippen molar-refractivity contribution < 1.29 is 9.53 Å². The monoisotopic (exact) mass is 257 g/mol. The summed E-state index contributed by atoms with van der Waals surface area (Å²) in [7, 11) is 0. The fraction of sp³-hybridized carbons (Fsp3) is 0.438. The molecule has 1 aromatic rings. The van der Waals surface area contributed by atoms with Gasteiger partial charge in [-0.3, -0.25) is 0 Å². The lowest BCUT2D eigenvalue weighted by atomic mass is 10.1. The summed E-state index contributed by atoms with van der Waals surface area (Å²) in [5.74, 6) is 0. The van der Waals surface area contributed by atoms with Crippen LogP contribution in [0.15, 0.2) is 42.5 Å². The summed E-state index contributed by atoms with van der Waals surface area (Å²) in [4.78, 5) is 14.2. The van der Waals surface area contributed by atoms with Gasteiger partial charge in [-0.05, 0) is 31.2 Å². The summed E-state index contributed by atoms with van der Waals surface area (Å²) in [6.07, 6.45) is 8.39. The van der Waals surface area contributed by atoms with E-state index < -0.39 is 0 Å². The molecule has 0 saturated carbocycles. The Hall–Kier alpha value is -1.77. The molecule has 2 heterocycles. The van der Waals surface area contributed by atoms with E-state index in [1.54, 1.807) is 0 Å². The van der Waals surface area contributed by atoms with Gasteiger partial charge in [0.15, 0.2) is 0 Å². The minimum atomic E-state index is -0.153. The first-order valence-electron chi connectivity index (χ1n) is 6.98. The van der Waals surface area contributed by atoms with Gasteiger partial charge in [-0.15, -0.1) is 0 Å². The van der Waals surface area contributed by atoms with Gasteiger partial charge in [-0.1, -0.05) is 42.5 Å². The highest BCUT2D eigenvalue weighted by Gasteiger charge is 2.37. The van der Waals surface area contributed by atoms with Crippen molar-refractivity contribution in [2.24, 2.45) is 0 Å². The summed E-state index contributed by atoms with van der Waals surface area (Å²) in [5, 5.41) is 0. The predicted molar refractivity (Wildman–Crippen MR) is 73.7 cm³/mol. The molecule has 0 radical (unpaired) electrons. The lowest BCUT2D eigenvalue weighted by Gasteiger charge is -2.27. The van der Waals surface area contributed by atoms with Crippen molar-refractivity contribution >= 4 is 6.09 Å². The zero-order valence-electron chi connectivity index (χ0n) is 11.0. The lowest BCUT2D eigenvalue weighted by molar-refractivity contribution is 0.0799. The van der Waals surface area contributed by atoms with Crippen LogP contribution in [0.3, 0.4) is 0 Å². The molecule has 2 aliphatic heterocycles. The quantitative estimate of drug-likeness (QED) is 0.759. The van der Waals surface area contributed by atoms with Crippen LogP contribution in [0.25, 0.3) is 0 Å². The molecule has 0 N–H and O–H groups in total. The number of hydrogen-bond donors (Lipinski definition) is 0. The number of carbonyl (C=O) groups excluding carboxylic acids is 1. The van der Waals surface area contributed by atoms with Crippen molar-refractivity contribution in [3.05, 3.63) is 48.0 Å². The molecule has 2 bridgehead atoms. The van der Waals surface area contributed by atoms with Gasteiger partial charge >= 0.3 is 6.09 Å². The maximum atomic E-state index is 12.3. The Balaban J connectivity index is 1.61. The fourth-order valence-corrected chi connectivity index (χ4v) is 3.02. The van der Waals surface area contributed by atoms with E-state index in [1.165, 1.54) is 0 Å². The van der Waals surface area contributed by atoms with E-state index in [2.05, 4.69) is 12.2 Å². The molecular weight excluding hydrogens is 238 g/mol.